The number of quaternary nitrogens is 1. The highest BCUT2D eigenvalue weighted by Gasteiger charge is 2.02. The second kappa shape index (κ2) is 3.25. The molecule has 12 heavy (non-hydrogen) atoms. The molecule has 2 heteroatoms. The summed E-state index contributed by atoms with van der Waals surface area (Å²) < 4.78 is -0.261. The van der Waals surface area contributed by atoms with E-state index in [1.807, 2.05) is 31.2 Å². The van der Waals surface area contributed by atoms with E-state index in [0.29, 0.717) is 6.54 Å². The zero-order valence-electron chi connectivity index (χ0n) is 7.87. The summed E-state index contributed by atoms with van der Waals surface area (Å²) in [4.78, 5) is 0. The third-order valence-electron chi connectivity index (χ3n) is 1.68. The van der Waals surface area contributed by atoms with Gasteiger partial charge in [-0.1, -0.05) is 29.8 Å². The van der Waals surface area contributed by atoms with E-state index >= 15 is 0 Å². The molecule has 0 saturated carbocycles. The van der Waals surface area contributed by atoms with Crippen molar-refractivity contribution < 1.29 is 4.65 Å². The lowest BCUT2D eigenvalue weighted by Gasteiger charge is -2.33. The van der Waals surface area contributed by atoms with Crippen LogP contribution in [0.5, 0.6) is 0 Å². The Hall–Kier alpha value is -0.860. The first kappa shape index (κ1) is 9.23. The fraction of sp³-hybridized carbons (Fsp3) is 0.400. The van der Waals surface area contributed by atoms with Crippen LogP contribution in [0.4, 0.5) is 0 Å². The fourth-order valence-corrected chi connectivity index (χ4v) is 1.13. The Morgan fingerprint density at radius 2 is 1.67 bits per heavy atom. The quantitative estimate of drug-likeness (QED) is 0.486. The summed E-state index contributed by atoms with van der Waals surface area (Å²) >= 11 is 0. The van der Waals surface area contributed by atoms with E-state index < -0.39 is 0 Å². The Bertz CT molecular complexity index is 246. The Morgan fingerprint density at radius 3 is 2.08 bits per heavy atom. The van der Waals surface area contributed by atoms with E-state index in [4.69, 9.17) is 0 Å². The van der Waals surface area contributed by atoms with E-state index in [2.05, 4.69) is 0 Å². The minimum Gasteiger partial charge on any atom is -0.633 e. The highest BCUT2D eigenvalue weighted by molar-refractivity contribution is 5.20. The highest BCUT2D eigenvalue weighted by Crippen LogP contribution is 2.08. The smallest absolute Gasteiger partial charge is 0.104 e. The van der Waals surface area contributed by atoms with Crippen LogP contribution < -0.4 is 0 Å². The maximum Gasteiger partial charge on any atom is 0.104 e. The number of hydrogen-bond acceptors (Lipinski definition) is 1. The van der Waals surface area contributed by atoms with Crippen LogP contribution in [0, 0.1) is 12.1 Å². The van der Waals surface area contributed by atoms with E-state index in [1.165, 1.54) is 5.56 Å². The summed E-state index contributed by atoms with van der Waals surface area (Å²) in [5.74, 6) is 0. The van der Waals surface area contributed by atoms with Crippen molar-refractivity contribution in [3.8, 4) is 0 Å². The number of nitrogens with zero attached hydrogens (tertiary/aromatic N) is 1. The number of hydroxylamine groups is 3. The van der Waals surface area contributed by atoms with Crippen LogP contribution in [-0.4, -0.2) is 18.7 Å². The standard InChI is InChI=1S/C10H15NO/c1-9-4-6-10(7-5-9)8-11(2,3)12/h4-7H,8H2,1-3H3. The predicted molar refractivity (Wildman–Crippen MR) is 50.4 cm³/mol. The summed E-state index contributed by atoms with van der Waals surface area (Å²) in [5.41, 5.74) is 2.33. The molecule has 0 aliphatic heterocycles. The predicted octanol–water partition coefficient (Wildman–Crippen LogP) is 2.07. The molecule has 0 aliphatic rings. The number of rotatable bonds is 2. The van der Waals surface area contributed by atoms with Gasteiger partial charge in [0.2, 0.25) is 0 Å². The average Bonchev–Trinajstić information content (AvgIpc) is 1.91. The molecular formula is C10H15NO. The Labute approximate surface area is 73.6 Å². The minimum atomic E-state index is -0.261. The zero-order chi connectivity index (χ0) is 9.19. The van der Waals surface area contributed by atoms with Crippen LogP contribution in [0.15, 0.2) is 24.3 Å². The van der Waals surface area contributed by atoms with Gasteiger partial charge in [-0.2, -0.15) is 0 Å². The maximum atomic E-state index is 11.3. The van der Waals surface area contributed by atoms with Gasteiger partial charge in [-0.3, -0.25) is 0 Å². The van der Waals surface area contributed by atoms with E-state index in [1.54, 1.807) is 14.1 Å². The zero-order valence-corrected chi connectivity index (χ0v) is 7.87. The first-order valence-electron chi connectivity index (χ1n) is 4.07. The summed E-state index contributed by atoms with van der Waals surface area (Å²) in [7, 11) is 3.31. The third-order valence-corrected chi connectivity index (χ3v) is 1.68. The molecule has 0 aliphatic carbocycles. The first-order valence-corrected chi connectivity index (χ1v) is 4.07. The lowest BCUT2D eigenvalue weighted by Crippen LogP contribution is -2.30. The van der Waals surface area contributed by atoms with E-state index in [9.17, 15) is 5.21 Å². The molecule has 0 radical (unpaired) electrons. The van der Waals surface area contributed by atoms with Crippen molar-refractivity contribution in [3.05, 3.63) is 40.6 Å². The summed E-state index contributed by atoms with van der Waals surface area (Å²) in [5, 5.41) is 11.3. The molecule has 0 atom stereocenters. The van der Waals surface area contributed by atoms with Gasteiger partial charge in [0.05, 0.1) is 14.1 Å². The summed E-state index contributed by atoms with van der Waals surface area (Å²) in [6.45, 7) is 2.58. The monoisotopic (exact) mass is 165 g/mol. The molecule has 0 N–H and O–H groups in total. The lowest BCUT2D eigenvalue weighted by molar-refractivity contribution is -0.853. The molecule has 1 rings (SSSR count). The van der Waals surface area contributed by atoms with Gasteiger partial charge in [-0.25, -0.2) is 0 Å². The maximum absolute atomic E-state index is 11.3. The van der Waals surface area contributed by atoms with Gasteiger partial charge < -0.3 is 9.85 Å². The van der Waals surface area contributed by atoms with Crippen LogP contribution >= 0.6 is 0 Å². The molecule has 0 amide bonds. The average molecular weight is 165 g/mol. The van der Waals surface area contributed by atoms with Gasteiger partial charge in [-0.05, 0) is 6.92 Å². The minimum absolute atomic E-state index is 0.261. The van der Waals surface area contributed by atoms with Crippen molar-refractivity contribution in [2.75, 3.05) is 14.1 Å². The van der Waals surface area contributed by atoms with Gasteiger partial charge in [0, 0.05) is 5.56 Å². The molecule has 0 aromatic heterocycles. The van der Waals surface area contributed by atoms with Crippen molar-refractivity contribution in [2.24, 2.45) is 0 Å². The molecule has 1 aromatic carbocycles. The Morgan fingerprint density at radius 1 is 1.17 bits per heavy atom. The van der Waals surface area contributed by atoms with Crippen molar-refractivity contribution in [3.63, 3.8) is 0 Å². The number of benzene rings is 1. The summed E-state index contributed by atoms with van der Waals surface area (Å²) in [6, 6.07) is 8.08. The molecule has 0 spiro atoms. The van der Waals surface area contributed by atoms with Crippen LogP contribution in [0.25, 0.3) is 0 Å². The van der Waals surface area contributed by atoms with Crippen LogP contribution in [0.2, 0.25) is 0 Å². The Balaban J connectivity index is 2.71. The van der Waals surface area contributed by atoms with Gasteiger partial charge in [0.25, 0.3) is 0 Å². The second-order valence-corrected chi connectivity index (χ2v) is 3.72. The van der Waals surface area contributed by atoms with Crippen molar-refractivity contribution in [1.82, 2.24) is 0 Å². The number of hydrogen-bond donors (Lipinski definition) is 0. The Kier molecular flexibility index (Phi) is 2.50. The molecule has 1 aromatic rings. The molecule has 0 heterocycles. The van der Waals surface area contributed by atoms with Gasteiger partial charge in [-0.15, -0.1) is 0 Å². The first-order chi connectivity index (χ1) is 5.47. The molecule has 0 fully saturated rings. The third kappa shape index (κ3) is 3.03. The van der Waals surface area contributed by atoms with Gasteiger partial charge >= 0.3 is 0 Å². The lowest BCUT2D eigenvalue weighted by atomic mass is 10.1. The van der Waals surface area contributed by atoms with Crippen LogP contribution in [-0.2, 0) is 6.54 Å². The fourth-order valence-electron chi connectivity index (χ4n) is 1.13. The largest absolute Gasteiger partial charge is 0.633 e. The van der Waals surface area contributed by atoms with Crippen molar-refractivity contribution >= 4 is 0 Å². The van der Waals surface area contributed by atoms with Gasteiger partial charge in [0.15, 0.2) is 0 Å². The molecule has 0 unspecified atom stereocenters. The molecular weight excluding hydrogens is 150 g/mol. The van der Waals surface area contributed by atoms with Crippen molar-refractivity contribution in [2.45, 2.75) is 13.5 Å². The topological polar surface area (TPSA) is 23.1 Å². The number of aryl methyl sites for hydroxylation is 1. The highest BCUT2D eigenvalue weighted by atomic mass is 16.5. The summed E-state index contributed by atoms with van der Waals surface area (Å²) in [6.07, 6.45) is 0. The van der Waals surface area contributed by atoms with E-state index in [0.717, 1.165) is 5.56 Å². The molecule has 66 valence electrons. The SMILES string of the molecule is Cc1ccc(C[N+](C)(C)[O-])cc1. The van der Waals surface area contributed by atoms with Crippen molar-refractivity contribution in [1.29, 1.82) is 0 Å². The van der Waals surface area contributed by atoms with Crippen LogP contribution in [0.1, 0.15) is 11.1 Å². The van der Waals surface area contributed by atoms with E-state index in [-0.39, 0.29) is 4.65 Å². The van der Waals surface area contributed by atoms with Crippen LogP contribution in [0.3, 0.4) is 0 Å². The van der Waals surface area contributed by atoms with Gasteiger partial charge in [0.1, 0.15) is 6.54 Å². The molecule has 0 saturated heterocycles. The normalized spacial score (nSPS) is 11.7. The second-order valence-electron chi connectivity index (χ2n) is 3.72. The molecule has 2 nitrogen and oxygen atoms in total. The molecule has 0 bridgehead atoms.